The Kier molecular flexibility index (Phi) is 4.79. The zero-order valence-electron chi connectivity index (χ0n) is 7.88. The minimum Gasteiger partial charge on any atom is -0.484 e. The molecule has 1 aromatic rings. The number of carbonyl (C=O) groups is 1. The van der Waals surface area contributed by atoms with E-state index in [1.165, 1.54) is 6.92 Å². The van der Waals surface area contributed by atoms with Crippen molar-refractivity contribution in [2.24, 2.45) is 0 Å². The standard InChI is InChI=1S/C10H7I2NO2/c1-6(14)5-15-10-8(11)2-7(4-13)3-9(10)12/h2-3H,5H2,1H3. The first kappa shape index (κ1) is 12.7. The number of nitrogens with zero attached hydrogens (tertiary/aromatic N) is 1. The molecule has 0 saturated carbocycles. The van der Waals surface area contributed by atoms with Crippen molar-refractivity contribution in [3.63, 3.8) is 0 Å². The van der Waals surface area contributed by atoms with E-state index in [0.29, 0.717) is 11.3 Å². The molecule has 0 aromatic heterocycles. The van der Waals surface area contributed by atoms with Crippen molar-refractivity contribution < 1.29 is 9.53 Å². The van der Waals surface area contributed by atoms with Crippen molar-refractivity contribution in [1.29, 1.82) is 5.26 Å². The van der Waals surface area contributed by atoms with Crippen LogP contribution < -0.4 is 4.74 Å². The van der Waals surface area contributed by atoms with E-state index in [1.807, 2.05) is 0 Å². The zero-order chi connectivity index (χ0) is 11.4. The predicted molar refractivity (Wildman–Crippen MR) is 72.8 cm³/mol. The minimum absolute atomic E-state index is 0.0223. The summed E-state index contributed by atoms with van der Waals surface area (Å²) in [6.45, 7) is 1.54. The summed E-state index contributed by atoms with van der Waals surface area (Å²) in [6.07, 6.45) is 0. The number of nitriles is 1. The Hall–Kier alpha value is -0.360. The molecule has 1 rings (SSSR count). The Balaban J connectivity index is 2.99. The molecule has 0 bridgehead atoms. The lowest BCUT2D eigenvalue weighted by molar-refractivity contribution is -0.118. The second kappa shape index (κ2) is 5.65. The van der Waals surface area contributed by atoms with Gasteiger partial charge in [0.1, 0.15) is 12.4 Å². The van der Waals surface area contributed by atoms with E-state index in [2.05, 4.69) is 51.3 Å². The normalized spacial score (nSPS) is 9.47. The van der Waals surface area contributed by atoms with Crippen LogP contribution in [0.4, 0.5) is 0 Å². The number of halogens is 2. The number of ketones is 1. The van der Waals surface area contributed by atoms with Crippen molar-refractivity contribution in [2.75, 3.05) is 6.61 Å². The highest BCUT2D eigenvalue weighted by atomic mass is 127. The van der Waals surface area contributed by atoms with Crippen LogP contribution in [-0.4, -0.2) is 12.4 Å². The van der Waals surface area contributed by atoms with Crippen LogP contribution in [0, 0.1) is 18.5 Å². The Morgan fingerprint density at radius 3 is 2.40 bits per heavy atom. The van der Waals surface area contributed by atoms with E-state index < -0.39 is 0 Å². The van der Waals surface area contributed by atoms with Crippen LogP contribution in [0.3, 0.4) is 0 Å². The van der Waals surface area contributed by atoms with Crippen LogP contribution in [-0.2, 0) is 4.79 Å². The molecule has 0 heterocycles. The van der Waals surface area contributed by atoms with Gasteiger partial charge in [0.2, 0.25) is 0 Å². The van der Waals surface area contributed by atoms with Gasteiger partial charge in [0, 0.05) is 0 Å². The van der Waals surface area contributed by atoms with Crippen LogP contribution >= 0.6 is 45.2 Å². The molecule has 0 aliphatic rings. The van der Waals surface area contributed by atoms with Crippen molar-refractivity contribution >= 4 is 51.0 Å². The van der Waals surface area contributed by atoms with Crippen molar-refractivity contribution in [3.8, 4) is 11.8 Å². The summed E-state index contributed by atoms with van der Waals surface area (Å²) in [7, 11) is 0. The van der Waals surface area contributed by atoms with Gasteiger partial charge >= 0.3 is 0 Å². The maximum absolute atomic E-state index is 10.8. The minimum atomic E-state index is -0.0223. The van der Waals surface area contributed by atoms with Gasteiger partial charge in [-0.05, 0) is 64.2 Å². The molecule has 5 heteroatoms. The monoisotopic (exact) mass is 427 g/mol. The molecule has 3 nitrogen and oxygen atoms in total. The molecule has 0 unspecified atom stereocenters. The Labute approximate surface area is 115 Å². The van der Waals surface area contributed by atoms with Crippen LogP contribution in [0.25, 0.3) is 0 Å². The average molecular weight is 427 g/mol. The maximum atomic E-state index is 10.8. The van der Waals surface area contributed by atoms with Gasteiger partial charge in [-0.1, -0.05) is 0 Å². The fourth-order valence-corrected chi connectivity index (χ4v) is 3.02. The maximum Gasteiger partial charge on any atom is 0.167 e. The third-order valence-corrected chi connectivity index (χ3v) is 3.15. The second-order valence-corrected chi connectivity index (χ2v) is 5.20. The van der Waals surface area contributed by atoms with E-state index in [0.717, 1.165) is 7.14 Å². The Bertz CT molecular complexity index is 415. The quantitative estimate of drug-likeness (QED) is 0.698. The molecule has 0 fully saturated rings. The third kappa shape index (κ3) is 3.61. The van der Waals surface area contributed by atoms with Gasteiger partial charge in [-0.15, -0.1) is 0 Å². The highest BCUT2D eigenvalue weighted by Gasteiger charge is 2.09. The van der Waals surface area contributed by atoms with Crippen molar-refractivity contribution in [3.05, 3.63) is 24.8 Å². The summed E-state index contributed by atoms with van der Waals surface area (Å²) in [5.41, 5.74) is 0.596. The molecule has 0 amide bonds. The summed E-state index contributed by atoms with van der Waals surface area (Å²) in [5.74, 6) is 0.649. The number of benzene rings is 1. The zero-order valence-corrected chi connectivity index (χ0v) is 12.2. The van der Waals surface area contributed by atoms with Gasteiger partial charge in [-0.25, -0.2) is 0 Å². The molecule has 0 spiro atoms. The molecule has 15 heavy (non-hydrogen) atoms. The fraction of sp³-hybridized carbons (Fsp3) is 0.200. The summed E-state index contributed by atoms with van der Waals surface area (Å²) < 4.78 is 7.04. The number of ether oxygens (including phenoxy) is 1. The highest BCUT2D eigenvalue weighted by Crippen LogP contribution is 2.28. The van der Waals surface area contributed by atoms with Crippen molar-refractivity contribution in [1.82, 2.24) is 0 Å². The Morgan fingerprint density at radius 2 is 2.00 bits per heavy atom. The summed E-state index contributed by atoms with van der Waals surface area (Å²) in [4.78, 5) is 10.8. The van der Waals surface area contributed by atoms with Gasteiger partial charge < -0.3 is 4.74 Å². The largest absolute Gasteiger partial charge is 0.484 e. The van der Waals surface area contributed by atoms with E-state index in [9.17, 15) is 4.79 Å². The smallest absolute Gasteiger partial charge is 0.167 e. The molecule has 0 aliphatic carbocycles. The third-order valence-electron chi connectivity index (χ3n) is 1.55. The molecule has 0 N–H and O–H groups in total. The SMILES string of the molecule is CC(=O)COc1c(I)cc(C#N)cc1I. The second-order valence-electron chi connectivity index (χ2n) is 2.87. The lowest BCUT2D eigenvalue weighted by Crippen LogP contribution is -2.08. The highest BCUT2D eigenvalue weighted by molar-refractivity contribution is 14.1. The molecular formula is C10H7I2NO2. The lowest BCUT2D eigenvalue weighted by atomic mass is 10.2. The Morgan fingerprint density at radius 1 is 1.47 bits per heavy atom. The topological polar surface area (TPSA) is 50.1 Å². The first-order chi connectivity index (χ1) is 7.04. The van der Waals surface area contributed by atoms with Crippen molar-refractivity contribution in [2.45, 2.75) is 6.92 Å². The van der Waals surface area contributed by atoms with E-state index in [-0.39, 0.29) is 12.4 Å². The summed E-state index contributed by atoms with van der Waals surface area (Å²) in [5, 5.41) is 8.74. The van der Waals surface area contributed by atoms with E-state index >= 15 is 0 Å². The van der Waals surface area contributed by atoms with Crippen LogP contribution in [0.15, 0.2) is 12.1 Å². The molecule has 0 radical (unpaired) electrons. The van der Waals surface area contributed by atoms with Crippen LogP contribution in [0.1, 0.15) is 12.5 Å². The van der Waals surface area contributed by atoms with Crippen LogP contribution in [0.2, 0.25) is 0 Å². The molecule has 0 aliphatic heterocycles. The molecule has 1 aromatic carbocycles. The van der Waals surface area contributed by atoms with Crippen LogP contribution in [0.5, 0.6) is 5.75 Å². The first-order valence-corrected chi connectivity index (χ1v) is 6.21. The van der Waals surface area contributed by atoms with Gasteiger partial charge in [-0.2, -0.15) is 5.26 Å². The number of hydrogen-bond acceptors (Lipinski definition) is 3. The average Bonchev–Trinajstić information content (AvgIpc) is 2.15. The van der Waals surface area contributed by atoms with Gasteiger partial charge in [0.15, 0.2) is 5.78 Å². The first-order valence-electron chi connectivity index (χ1n) is 4.06. The molecule has 0 atom stereocenters. The van der Waals surface area contributed by atoms with E-state index in [4.69, 9.17) is 10.00 Å². The molecule has 0 saturated heterocycles. The number of rotatable bonds is 3. The predicted octanol–water partition coefficient (Wildman–Crippen LogP) is 2.74. The summed E-state index contributed by atoms with van der Waals surface area (Å²) >= 11 is 4.18. The van der Waals surface area contributed by atoms with Gasteiger partial charge in [0.05, 0.1) is 18.8 Å². The fourth-order valence-electron chi connectivity index (χ4n) is 0.936. The van der Waals surface area contributed by atoms with E-state index in [1.54, 1.807) is 12.1 Å². The molecule has 78 valence electrons. The number of hydrogen-bond donors (Lipinski definition) is 0. The molecular weight excluding hydrogens is 420 g/mol. The number of carbonyl (C=O) groups excluding carboxylic acids is 1. The van der Waals surface area contributed by atoms with Gasteiger partial charge in [-0.3, -0.25) is 4.79 Å². The van der Waals surface area contributed by atoms with Gasteiger partial charge in [0.25, 0.3) is 0 Å². The summed E-state index contributed by atoms with van der Waals surface area (Å²) in [6, 6.07) is 5.54. The lowest BCUT2D eigenvalue weighted by Gasteiger charge is -2.08. The number of Topliss-reactive ketones (excluding diaryl/α,β-unsaturated/α-hetero) is 1.